The van der Waals surface area contributed by atoms with Crippen molar-refractivity contribution in [2.45, 2.75) is 18.4 Å². The molecule has 6 nitrogen and oxygen atoms in total. The van der Waals surface area contributed by atoms with Gasteiger partial charge in [0, 0.05) is 5.75 Å². The van der Waals surface area contributed by atoms with Gasteiger partial charge in [-0.25, -0.2) is 0 Å². The molecule has 3 N–H and O–H groups in total. The number of benzene rings is 2. The Balaban J connectivity index is 1.67. The van der Waals surface area contributed by atoms with Gasteiger partial charge < -0.3 is 15.8 Å². The number of nitrogen functional groups attached to an aromatic ring is 1. The molecule has 2 aromatic carbocycles. The van der Waals surface area contributed by atoms with Crippen LogP contribution in [0.25, 0.3) is 0 Å². The number of methoxy groups -OCH3 is 1. The first kappa shape index (κ1) is 18.0. The van der Waals surface area contributed by atoms with Crippen molar-refractivity contribution in [3.05, 3.63) is 65.5 Å². The van der Waals surface area contributed by atoms with Crippen molar-refractivity contribution in [3.63, 3.8) is 0 Å². The molecule has 0 aliphatic heterocycles. The minimum Gasteiger partial charge on any atom is -0.495 e. The van der Waals surface area contributed by atoms with Crippen LogP contribution in [0.1, 0.15) is 17.0 Å². The number of ether oxygens (including phenoxy) is 1. The van der Waals surface area contributed by atoms with Crippen molar-refractivity contribution < 1.29 is 4.74 Å². The van der Waals surface area contributed by atoms with Crippen molar-refractivity contribution in [1.29, 1.82) is 0 Å². The van der Waals surface area contributed by atoms with Gasteiger partial charge in [-0.05, 0) is 24.6 Å². The van der Waals surface area contributed by atoms with Gasteiger partial charge in [0.2, 0.25) is 11.9 Å². The molecule has 0 radical (unpaired) electrons. The van der Waals surface area contributed by atoms with Crippen LogP contribution in [0.4, 0.5) is 17.6 Å². The molecule has 1 heterocycles. The first-order chi connectivity index (χ1) is 12.6. The maximum Gasteiger partial charge on any atom is 0.232 e. The predicted molar refractivity (Wildman–Crippen MR) is 107 cm³/mol. The summed E-state index contributed by atoms with van der Waals surface area (Å²) in [5.74, 6) is 3.51. The number of nitrogens with zero attached hydrogens (tertiary/aromatic N) is 3. The number of nitrogens with one attached hydrogen (secondary N) is 1. The van der Waals surface area contributed by atoms with Crippen LogP contribution in [-0.2, 0) is 11.5 Å². The highest BCUT2D eigenvalue weighted by Crippen LogP contribution is 2.26. The minimum atomic E-state index is 0.198. The minimum absolute atomic E-state index is 0.198. The molecule has 26 heavy (non-hydrogen) atoms. The van der Waals surface area contributed by atoms with Crippen LogP contribution in [0.5, 0.6) is 5.75 Å². The lowest BCUT2D eigenvalue weighted by molar-refractivity contribution is 0.417. The summed E-state index contributed by atoms with van der Waals surface area (Å²) in [6, 6.07) is 16.0. The summed E-state index contributed by atoms with van der Waals surface area (Å²) in [5.41, 5.74) is 9.16. The Morgan fingerprint density at radius 1 is 1.04 bits per heavy atom. The third-order valence-electron chi connectivity index (χ3n) is 3.63. The van der Waals surface area contributed by atoms with E-state index in [9.17, 15) is 0 Å². The smallest absolute Gasteiger partial charge is 0.232 e. The average molecular weight is 367 g/mol. The van der Waals surface area contributed by atoms with Gasteiger partial charge in [-0.2, -0.15) is 15.0 Å². The molecule has 0 spiro atoms. The van der Waals surface area contributed by atoms with Crippen LogP contribution in [0.2, 0.25) is 0 Å². The second kappa shape index (κ2) is 8.53. The lowest BCUT2D eigenvalue weighted by atomic mass is 10.2. The van der Waals surface area contributed by atoms with E-state index in [0.29, 0.717) is 23.3 Å². The van der Waals surface area contributed by atoms with Crippen LogP contribution < -0.4 is 15.8 Å². The Bertz CT molecular complexity index is 887. The molecule has 0 unspecified atom stereocenters. The Morgan fingerprint density at radius 2 is 1.88 bits per heavy atom. The number of hydrogen-bond donors (Lipinski definition) is 2. The molecular weight excluding hydrogens is 346 g/mol. The first-order valence-corrected chi connectivity index (χ1v) is 9.33. The van der Waals surface area contributed by atoms with E-state index in [1.54, 1.807) is 18.9 Å². The molecule has 0 bridgehead atoms. The maximum atomic E-state index is 5.84. The van der Waals surface area contributed by atoms with Gasteiger partial charge in [0.15, 0.2) is 0 Å². The van der Waals surface area contributed by atoms with E-state index in [2.05, 4.69) is 51.5 Å². The molecule has 0 amide bonds. The summed E-state index contributed by atoms with van der Waals surface area (Å²) in [6.45, 7) is 2.09. The van der Waals surface area contributed by atoms with Crippen LogP contribution in [0, 0.1) is 6.92 Å². The number of anilines is 3. The first-order valence-electron chi connectivity index (χ1n) is 8.18. The monoisotopic (exact) mass is 367 g/mol. The van der Waals surface area contributed by atoms with Crippen LogP contribution in [0.15, 0.2) is 48.5 Å². The number of hydrogen-bond acceptors (Lipinski definition) is 7. The normalized spacial score (nSPS) is 10.5. The topological polar surface area (TPSA) is 86.0 Å². The van der Waals surface area contributed by atoms with Crippen molar-refractivity contribution in [1.82, 2.24) is 15.0 Å². The highest BCUT2D eigenvalue weighted by atomic mass is 32.2. The van der Waals surface area contributed by atoms with E-state index in [4.69, 9.17) is 10.5 Å². The van der Waals surface area contributed by atoms with Gasteiger partial charge in [-0.15, -0.1) is 11.8 Å². The molecule has 0 atom stereocenters. The van der Waals surface area contributed by atoms with Crippen LogP contribution in [0.3, 0.4) is 0 Å². The predicted octanol–water partition coefficient (Wildman–Crippen LogP) is 3.95. The van der Waals surface area contributed by atoms with Gasteiger partial charge in [0.05, 0.1) is 18.6 Å². The zero-order valence-corrected chi connectivity index (χ0v) is 15.6. The van der Waals surface area contributed by atoms with Crippen LogP contribution >= 0.6 is 11.8 Å². The number of nitrogens with two attached hydrogens (primary N) is 1. The molecule has 7 heteroatoms. The Kier molecular flexibility index (Phi) is 5.91. The second-order valence-electron chi connectivity index (χ2n) is 5.74. The molecule has 134 valence electrons. The fourth-order valence-corrected chi connectivity index (χ4v) is 3.32. The largest absolute Gasteiger partial charge is 0.495 e. The average Bonchev–Trinajstić information content (AvgIpc) is 2.62. The molecule has 0 aliphatic carbocycles. The fourth-order valence-electron chi connectivity index (χ4n) is 2.49. The number of aromatic nitrogens is 3. The lowest BCUT2D eigenvalue weighted by Crippen LogP contribution is -2.07. The van der Waals surface area contributed by atoms with E-state index < -0.39 is 0 Å². The summed E-state index contributed by atoms with van der Waals surface area (Å²) in [7, 11) is 1.62. The standard InChI is InChI=1S/C19H21N5OS/c1-13-6-5-7-14(10-13)11-26-12-17-22-18(20)24-19(23-17)21-15-8-3-4-9-16(15)25-2/h3-10H,11-12H2,1-2H3,(H3,20,21,22,23,24). The highest BCUT2D eigenvalue weighted by molar-refractivity contribution is 7.97. The molecule has 3 rings (SSSR count). The zero-order valence-electron chi connectivity index (χ0n) is 14.8. The molecule has 1 aromatic heterocycles. The molecule has 3 aromatic rings. The van der Waals surface area contributed by atoms with Gasteiger partial charge >= 0.3 is 0 Å². The number of rotatable bonds is 7. The van der Waals surface area contributed by atoms with Gasteiger partial charge in [0.25, 0.3) is 0 Å². The van der Waals surface area contributed by atoms with Crippen LogP contribution in [-0.4, -0.2) is 22.1 Å². The fraction of sp³-hybridized carbons (Fsp3) is 0.211. The van der Waals surface area contributed by atoms with Crippen molar-refractivity contribution in [3.8, 4) is 5.75 Å². The maximum absolute atomic E-state index is 5.84. The summed E-state index contributed by atoms with van der Waals surface area (Å²) >= 11 is 1.74. The third-order valence-corrected chi connectivity index (χ3v) is 4.63. The van der Waals surface area contributed by atoms with E-state index in [1.807, 2.05) is 24.3 Å². The van der Waals surface area contributed by atoms with Crippen molar-refractivity contribution in [2.24, 2.45) is 0 Å². The summed E-state index contributed by atoms with van der Waals surface area (Å²) in [5, 5.41) is 3.14. The molecule has 0 saturated carbocycles. The summed E-state index contributed by atoms with van der Waals surface area (Å²) < 4.78 is 5.33. The van der Waals surface area contributed by atoms with E-state index in [0.717, 1.165) is 11.4 Å². The summed E-state index contributed by atoms with van der Waals surface area (Å²) in [6.07, 6.45) is 0. The van der Waals surface area contributed by atoms with Gasteiger partial charge in [-0.1, -0.05) is 42.0 Å². The highest BCUT2D eigenvalue weighted by Gasteiger charge is 2.08. The number of aryl methyl sites for hydroxylation is 1. The zero-order chi connectivity index (χ0) is 18.4. The van der Waals surface area contributed by atoms with E-state index >= 15 is 0 Å². The van der Waals surface area contributed by atoms with Gasteiger partial charge in [-0.3, -0.25) is 0 Å². The van der Waals surface area contributed by atoms with E-state index in [-0.39, 0.29) is 5.95 Å². The quantitative estimate of drug-likeness (QED) is 0.654. The molecule has 0 saturated heterocycles. The second-order valence-corrected chi connectivity index (χ2v) is 6.73. The SMILES string of the molecule is COc1ccccc1Nc1nc(N)nc(CSCc2cccc(C)c2)n1. The van der Waals surface area contributed by atoms with Crippen molar-refractivity contribution in [2.75, 3.05) is 18.2 Å². The summed E-state index contributed by atoms with van der Waals surface area (Å²) in [4.78, 5) is 12.9. The van der Waals surface area contributed by atoms with E-state index in [1.165, 1.54) is 11.1 Å². The Morgan fingerprint density at radius 3 is 2.69 bits per heavy atom. The Hall–Kier alpha value is -2.80. The van der Waals surface area contributed by atoms with Gasteiger partial charge in [0.1, 0.15) is 11.6 Å². The third kappa shape index (κ3) is 4.86. The number of thioether (sulfide) groups is 1. The lowest BCUT2D eigenvalue weighted by Gasteiger charge is -2.10. The molecular formula is C19H21N5OS. The molecule has 0 aliphatic rings. The number of para-hydroxylation sites is 2. The molecule has 0 fully saturated rings. The van der Waals surface area contributed by atoms with Crippen molar-refractivity contribution >= 4 is 29.3 Å². The Labute approximate surface area is 157 Å².